The Morgan fingerprint density at radius 3 is 2.43 bits per heavy atom. The van der Waals surface area contributed by atoms with E-state index in [9.17, 15) is 5.11 Å². The molecule has 0 aliphatic carbocycles. The van der Waals surface area contributed by atoms with E-state index in [1.165, 1.54) is 0 Å². The van der Waals surface area contributed by atoms with Crippen LogP contribution in [0.15, 0.2) is 24.3 Å². The highest BCUT2D eigenvalue weighted by Gasteiger charge is 2.18. The Hall–Kier alpha value is -1.04. The Morgan fingerprint density at radius 2 is 2.00 bits per heavy atom. The monoisotopic (exact) mass is 209 g/mol. The van der Waals surface area contributed by atoms with Gasteiger partial charge >= 0.3 is 0 Å². The van der Waals surface area contributed by atoms with E-state index < -0.39 is 6.10 Å². The maximum absolute atomic E-state index is 9.81. The molecule has 0 aliphatic rings. The minimum atomic E-state index is -0.720. The molecule has 74 valence electrons. The first kappa shape index (κ1) is 11.0. The van der Waals surface area contributed by atoms with Crippen molar-refractivity contribution in [2.45, 2.75) is 19.4 Å². The molecule has 0 heterocycles. The molecule has 1 N–H and O–H groups in total. The lowest BCUT2D eigenvalue weighted by molar-refractivity contribution is 0.133. The second-order valence-electron chi connectivity index (χ2n) is 3.14. The quantitative estimate of drug-likeness (QED) is 0.832. The van der Waals surface area contributed by atoms with Crippen LogP contribution in [-0.2, 0) is 0 Å². The Labute approximate surface area is 88.7 Å². The SMILES string of the molecule is CCC(C#N)C(O)c1ccc(Cl)cc1. The van der Waals surface area contributed by atoms with E-state index in [4.69, 9.17) is 16.9 Å². The summed E-state index contributed by atoms with van der Waals surface area (Å²) in [5.74, 6) is -0.351. The number of halogens is 1. The maximum Gasteiger partial charge on any atom is 0.0948 e. The average Bonchev–Trinajstić information content (AvgIpc) is 2.20. The molecule has 0 fully saturated rings. The lowest BCUT2D eigenvalue weighted by Crippen LogP contribution is -2.09. The molecule has 0 saturated heterocycles. The summed E-state index contributed by atoms with van der Waals surface area (Å²) in [4.78, 5) is 0. The molecule has 0 radical (unpaired) electrons. The molecule has 2 atom stereocenters. The van der Waals surface area contributed by atoms with Crippen LogP contribution >= 0.6 is 11.6 Å². The number of aliphatic hydroxyl groups excluding tert-OH is 1. The van der Waals surface area contributed by atoms with Crippen molar-refractivity contribution in [3.8, 4) is 6.07 Å². The highest BCUT2D eigenvalue weighted by atomic mass is 35.5. The predicted octanol–water partition coefficient (Wildman–Crippen LogP) is 2.92. The van der Waals surface area contributed by atoms with Gasteiger partial charge in [-0.1, -0.05) is 30.7 Å². The fraction of sp³-hybridized carbons (Fsp3) is 0.364. The topological polar surface area (TPSA) is 44.0 Å². The molecule has 0 spiro atoms. The summed E-state index contributed by atoms with van der Waals surface area (Å²) >= 11 is 5.72. The number of hydrogen-bond donors (Lipinski definition) is 1. The van der Waals surface area contributed by atoms with Crippen molar-refractivity contribution < 1.29 is 5.11 Å². The summed E-state index contributed by atoms with van der Waals surface area (Å²) < 4.78 is 0. The number of nitrogens with zero attached hydrogens (tertiary/aromatic N) is 1. The zero-order valence-corrected chi connectivity index (χ0v) is 8.70. The third-order valence-corrected chi connectivity index (χ3v) is 2.45. The number of nitriles is 1. The fourth-order valence-electron chi connectivity index (χ4n) is 1.28. The first-order valence-electron chi connectivity index (χ1n) is 4.52. The first-order valence-corrected chi connectivity index (χ1v) is 4.90. The second-order valence-corrected chi connectivity index (χ2v) is 3.58. The lowest BCUT2D eigenvalue weighted by Gasteiger charge is -2.14. The second kappa shape index (κ2) is 4.99. The van der Waals surface area contributed by atoms with Gasteiger partial charge in [0.25, 0.3) is 0 Å². The van der Waals surface area contributed by atoms with Crippen molar-refractivity contribution in [1.82, 2.24) is 0 Å². The Bertz CT molecular complexity index is 328. The molecular weight excluding hydrogens is 198 g/mol. The minimum absolute atomic E-state index is 0.351. The van der Waals surface area contributed by atoms with Gasteiger partial charge in [0.2, 0.25) is 0 Å². The van der Waals surface area contributed by atoms with Gasteiger partial charge in [0.15, 0.2) is 0 Å². The van der Waals surface area contributed by atoms with Crippen LogP contribution in [0, 0.1) is 17.2 Å². The molecule has 3 heteroatoms. The Balaban J connectivity index is 2.84. The van der Waals surface area contributed by atoms with Crippen LogP contribution in [-0.4, -0.2) is 5.11 Å². The van der Waals surface area contributed by atoms with Gasteiger partial charge in [0.1, 0.15) is 0 Å². The molecule has 0 aromatic heterocycles. The standard InChI is InChI=1S/C11H12ClNO/c1-2-8(7-13)11(14)9-3-5-10(12)6-4-9/h3-6,8,11,14H,2H2,1H3. The van der Waals surface area contributed by atoms with Crippen LogP contribution in [0.3, 0.4) is 0 Å². The van der Waals surface area contributed by atoms with Crippen molar-refractivity contribution in [3.05, 3.63) is 34.9 Å². The zero-order chi connectivity index (χ0) is 10.6. The number of rotatable bonds is 3. The number of aliphatic hydroxyl groups is 1. The third kappa shape index (κ3) is 2.47. The van der Waals surface area contributed by atoms with Crippen molar-refractivity contribution >= 4 is 11.6 Å². The van der Waals surface area contributed by atoms with E-state index in [2.05, 4.69) is 6.07 Å². The van der Waals surface area contributed by atoms with Gasteiger partial charge in [-0.15, -0.1) is 0 Å². The maximum atomic E-state index is 9.81. The zero-order valence-electron chi connectivity index (χ0n) is 7.94. The predicted molar refractivity (Wildman–Crippen MR) is 55.8 cm³/mol. The molecule has 1 aromatic carbocycles. The normalized spacial score (nSPS) is 14.4. The number of hydrogen-bond acceptors (Lipinski definition) is 2. The smallest absolute Gasteiger partial charge is 0.0948 e. The average molecular weight is 210 g/mol. The molecule has 0 bridgehead atoms. The molecule has 1 rings (SSSR count). The molecule has 0 amide bonds. The highest BCUT2D eigenvalue weighted by molar-refractivity contribution is 6.30. The molecule has 0 aliphatic heterocycles. The molecule has 2 nitrogen and oxygen atoms in total. The minimum Gasteiger partial charge on any atom is -0.387 e. The van der Waals surface area contributed by atoms with Gasteiger partial charge in [-0.25, -0.2) is 0 Å². The van der Waals surface area contributed by atoms with E-state index in [0.717, 1.165) is 5.56 Å². The largest absolute Gasteiger partial charge is 0.387 e. The van der Waals surface area contributed by atoms with Gasteiger partial charge in [-0.3, -0.25) is 0 Å². The molecule has 2 unspecified atom stereocenters. The van der Waals surface area contributed by atoms with Gasteiger partial charge in [0.05, 0.1) is 18.1 Å². The van der Waals surface area contributed by atoms with Crippen LogP contribution in [0.5, 0.6) is 0 Å². The summed E-state index contributed by atoms with van der Waals surface area (Å²) in [6.45, 7) is 1.88. The van der Waals surface area contributed by atoms with Crippen LogP contribution < -0.4 is 0 Å². The molecular formula is C11H12ClNO. The molecule has 1 aromatic rings. The van der Waals surface area contributed by atoms with Crippen LogP contribution in [0.2, 0.25) is 5.02 Å². The third-order valence-electron chi connectivity index (χ3n) is 2.20. The van der Waals surface area contributed by atoms with E-state index in [1.807, 2.05) is 6.92 Å². The van der Waals surface area contributed by atoms with Crippen LogP contribution in [0.4, 0.5) is 0 Å². The first-order chi connectivity index (χ1) is 6.69. The highest BCUT2D eigenvalue weighted by Crippen LogP contribution is 2.24. The van der Waals surface area contributed by atoms with E-state index in [-0.39, 0.29) is 5.92 Å². The van der Waals surface area contributed by atoms with Gasteiger partial charge in [0, 0.05) is 5.02 Å². The summed E-state index contributed by atoms with van der Waals surface area (Å²) in [7, 11) is 0. The van der Waals surface area contributed by atoms with Crippen molar-refractivity contribution in [1.29, 1.82) is 5.26 Å². The van der Waals surface area contributed by atoms with Gasteiger partial charge in [-0.2, -0.15) is 5.26 Å². The Morgan fingerprint density at radius 1 is 1.43 bits per heavy atom. The summed E-state index contributed by atoms with van der Waals surface area (Å²) in [6.07, 6.45) is -0.0809. The lowest BCUT2D eigenvalue weighted by atomic mass is 9.95. The molecule has 0 saturated carbocycles. The van der Waals surface area contributed by atoms with Crippen molar-refractivity contribution in [2.24, 2.45) is 5.92 Å². The summed E-state index contributed by atoms with van der Waals surface area (Å²) in [5.41, 5.74) is 0.739. The van der Waals surface area contributed by atoms with Crippen LogP contribution in [0.1, 0.15) is 25.0 Å². The van der Waals surface area contributed by atoms with E-state index in [1.54, 1.807) is 24.3 Å². The van der Waals surface area contributed by atoms with Crippen molar-refractivity contribution in [2.75, 3.05) is 0 Å². The number of benzene rings is 1. The molecule has 14 heavy (non-hydrogen) atoms. The Kier molecular flexibility index (Phi) is 3.94. The van der Waals surface area contributed by atoms with Gasteiger partial charge < -0.3 is 5.11 Å². The fourth-order valence-corrected chi connectivity index (χ4v) is 1.40. The summed E-state index contributed by atoms with van der Waals surface area (Å²) in [5, 5.41) is 19.2. The van der Waals surface area contributed by atoms with E-state index in [0.29, 0.717) is 11.4 Å². The van der Waals surface area contributed by atoms with Crippen molar-refractivity contribution in [3.63, 3.8) is 0 Å². The van der Waals surface area contributed by atoms with E-state index >= 15 is 0 Å². The summed E-state index contributed by atoms with van der Waals surface area (Å²) in [6, 6.07) is 8.99. The van der Waals surface area contributed by atoms with Gasteiger partial charge in [-0.05, 0) is 24.1 Å². The van der Waals surface area contributed by atoms with Crippen LogP contribution in [0.25, 0.3) is 0 Å².